The smallest absolute Gasteiger partial charge is 0.526 e. The summed E-state index contributed by atoms with van der Waals surface area (Å²) in [6.45, 7) is 9.78. The van der Waals surface area contributed by atoms with Crippen molar-refractivity contribution < 1.29 is 57.8 Å². The van der Waals surface area contributed by atoms with Crippen LogP contribution < -0.4 is 24.6 Å². The monoisotopic (exact) mass is 1120 g/mol. The zero-order chi connectivity index (χ0) is 56.4. The van der Waals surface area contributed by atoms with Gasteiger partial charge in [0.15, 0.2) is 34.7 Å². The van der Waals surface area contributed by atoms with Crippen molar-refractivity contribution >= 4 is 78.7 Å². The molecule has 8 heterocycles. The summed E-state index contributed by atoms with van der Waals surface area (Å²) >= 11 is 3.27. The molecule has 20 heteroatoms. The van der Waals surface area contributed by atoms with E-state index in [0.717, 1.165) is 91.9 Å². The van der Waals surface area contributed by atoms with E-state index in [2.05, 4.69) is 22.6 Å². The van der Waals surface area contributed by atoms with Crippen LogP contribution in [0.4, 0.5) is 0 Å². The third-order valence-electron chi connectivity index (χ3n) is 16.1. The normalized spacial score (nSPS) is 18.7. The second-order valence-electron chi connectivity index (χ2n) is 21.8. The fraction of sp³-hybridized carbons (Fsp3) is 0.367. The lowest BCUT2D eigenvalue weighted by Crippen LogP contribution is -2.36. The van der Waals surface area contributed by atoms with E-state index in [9.17, 15) is 43.8 Å². The highest BCUT2D eigenvalue weighted by Crippen LogP contribution is 2.41. The van der Waals surface area contributed by atoms with Crippen molar-refractivity contribution in [2.75, 3.05) is 26.7 Å². The Morgan fingerprint density at radius 3 is 1.49 bits per heavy atom. The molecule has 0 fully saturated rings. The summed E-state index contributed by atoms with van der Waals surface area (Å²) in [4.78, 5) is 78.6. The summed E-state index contributed by atoms with van der Waals surface area (Å²) in [6, 6.07) is 22.1. The average molecular weight is 1120 g/mol. The largest absolute Gasteiger partial charge is 0.535 e. The Hall–Kier alpha value is -6.35. The van der Waals surface area contributed by atoms with Gasteiger partial charge in [-0.2, -0.15) is 0 Å². The van der Waals surface area contributed by atoms with Crippen LogP contribution in [0.15, 0.2) is 83.6 Å². The molecule has 0 unspecified atom stereocenters. The molecule has 0 spiro atoms. The lowest BCUT2D eigenvalue weighted by Gasteiger charge is -2.28. The summed E-state index contributed by atoms with van der Waals surface area (Å²) in [5.74, 6) is 0.250. The average Bonchev–Trinajstić information content (AvgIpc) is 4.22. The standard InChI is InChI=1S/C21H22BNO4.C20H22BNO4S.C19H20BNO4S/c1-13(24)19-4-2-3-16-10-18(22(26)27-21(16)19)11-20(25)15-5-6-17-12-23-8-7-14(17)9-15;1-12(23)15-5-3-4-13-8-14(21(25)26-20(13)15)9-18(24)17-11-27-19-10-22(2)7-6-16(17)19;1-11(22)14-4-2-3-12-7-13(20(24)25-19(12)14)8-17(23)16-10-26-18-9-21-6-5-15(16)18/h2-6,9,18,23,26H,7-8,10-12H2,1H3;3-5,11,14,25H,6-10H2,1-2H3;2-4,10,13,21,24H,5-9H2,1H3/t18-;14-;13-/m111/s1. The molecule has 15 nitrogen and oxygen atoms in total. The molecule has 0 bridgehead atoms. The summed E-state index contributed by atoms with van der Waals surface area (Å²) in [6.07, 6.45) is 4.94. The van der Waals surface area contributed by atoms with Crippen molar-refractivity contribution in [3.8, 4) is 17.2 Å². The van der Waals surface area contributed by atoms with E-state index < -0.39 is 21.4 Å². The third-order valence-corrected chi connectivity index (χ3v) is 18.2. The number of benzene rings is 4. The van der Waals surface area contributed by atoms with Crippen LogP contribution in [0, 0.1) is 0 Å². The van der Waals surface area contributed by atoms with E-state index in [4.69, 9.17) is 14.0 Å². The summed E-state index contributed by atoms with van der Waals surface area (Å²) in [5, 5.41) is 41.8. The number of nitrogens with zero attached hydrogens (tertiary/aromatic N) is 1. The van der Waals surface area contributed by atoms with Crippen LogP contribution in [-0.4, -0.2) is 103 Å². The predicted octanol–water partition coefficient (Wildman–Crippen LogP) is 8.25. The van der Waals surface area contributed by atoms with E-state index in [1.165, 1.54) is 47.2 Å². The molecule has 6 aromatic rings. The van der Waals surface area contributed by atoms with Crippen molar-refractivity contribution in [1.29, 1.82) is 0 Å². The first-order valence-electron chi connectivity index (χ1n) is 27.4. The Morgan fingerprint density at radius 2 is 0.988 bits per heavy atom. The zero-order valence-electron chi connectivity index (χ0n) is 45.4. The highest BCUT2D eigenvalue weighted by molar-refractivity contribution is 7.10. The van der Waals surface area contributed by atoms with Crippen LogP contribution in [0.1, 0.15) is 151 Å². The van der Waals surface area contributed by atoms with Crippen molar-refractivity contribution in [1.82, 2.24) is 15.5 Å². The number of fused-ring (bicyclic) bond motifs is 6. The van der Waals surface area contributed by atoms with Crippen molar-refractivity contribution in [2.45, 2.75) is 116 Å². The minimum absolute atomic E-state index is 0.00940. The minimum Gasteiger partial charge on any atom is -0.535 e. The number of Topliss-reactive ketones (excluding diaryl/α,β-unsaturated/α-hetero) is 6. The zero-order valence-corrected chi connectivity index (χ0v) is 47.1. The molecule has 0 saturated heterocycles. The highest BCUT2D eigenvalue weighted by atomic mass is 32.1. The van der Waals surface area contributed by atoms with Gasteiger partial charge >= 0.3 is 21.4 Å². The molecule has 3 atom stereocenters. The van der Waals surface area contributed by atoms with Gasteiger partial charge < -0.3 is 44.6 Å². The number of likely N-dealkylation sites (N-methyl/N-ethyl adjacent to an activating group) is 1. The maximum atomic E-state index is 12.9. The van der Waals surface area contributed by atoms with E-state index in [1.54, 1.807) is 40.9 Å². The van der Waals surface area contributed by atoms with E-state index in [1.807, 2.05) is 65.4 Å². The van der Waals surface area contributed by atoms with Gasteiger partial charge in [-0.25, -0.2) is 0 Å². The van der Waals surface area contributed by atoms with Crippen LogP contribution in [0.3, 0.4) is 0 Å². The molecule has 412 valence electrons. The summed E-state index contributed by atoms with van der Waals surface area (Å²) in [7, 11) is -1.17. The lowest BCUT2D eigenvalue weighted by atomic mass is 9.64. The molecule has 0 aliphatic carbocycles. The number of hydrogen-bond acceptors (Lipinski definition) is 17. The van der Waals surface area contributed by atoms with Gasteiger partial charge in [-0.3, -0.25) is 28.8 Å². The van der Waals surface area contributed by atoms with Gasteiger partial charge in [0.25, 0.3) is 0 Å². The fourth-order valence-corrected chi connectivity index (χ4v) is 13.9. The van der Waals surface area contributed by atoms with Crippen molar-refractivity contribution in [3.05, 3.63) is 166 Å². The van der Waals surface area contributed by atoms with Gasteiger partial charge in [0.05, 0.1) is 16.7 Å². The Bertz CT molecular complexity index is 3400. The number of nitrogens with one attached hydrogen (secondary N) is 2. The molecule has 80 heavy (non-hydrogen) atoms. The number of para-hydroxylation sites is 3. The Balaban J connectivity index is 0.000000135. The van der Waals surface area contributed by atoms with Gasteiger partial charge in [0.1, 0.15) is 17.2 Å². The molecule has 4 aromatic carbocycles. The maximum Gasteiger partial charge on any atom is 0.526 e. The highest BCUT2D eigenvalue weighted by Gasteiger charge is 2.41. The lowest BCUT2D eigenvalue weighted by molar-refractivity contribution is 0.0966. The van der Waals surface area contributed by atoms with E-state index >= 15 is 0 Å². The fourth-order valence-electron chi connectivity index (χ4n) is 11.7. The first-order valence-corrected chi connectivity index (χ1v) is 29.2. The van der Waals surface area contributed by atoms with Gasteiger partial charge in [0.2, 0.25) is 0 Å². The first-order chi connectivity index (χ1) is 38.5. The molecule has 6 aliphatic rings. The van der Waals surface area contributed by atoms with E-state index in [-0.39, 0.29) is 71.4 Å². The molecule has 0 radical (unpaired) electrons. The van der Waals surface area contributed by atoms with Crippen LogP contribution in [0.2, 0.25) is 17.5 Å². The molecular formula is C60H64B3N3O12S2. The second-order valence-corrected chi connectivity index (χ2v) is 23.7. The third kappa shape index (κ3) is 12.4. The number of carbonyl (C=O) groups is 6. The molecular weight excluding hydrogens is 1050 g/mol. The van der Waals surface area contributed by atoms with Gasteiger partial charge in [-0.05, 0) is 143 Å². The first kappa shape index (κ1) is 56.9. The summed E-state index contributed by atoms with van der Waals surface area (Å²) < 4.78 is 16.9. The molecule has 5 N–H and O–H groups in total. The number of thiophene rings is 2. The number of carbonyl (C=O) groups excluding carboxylic acids is 6. The van der Waals surface area contributed by atoms with Gasteiger partial charge in [-0.1, -0.05) is 48.5 Å². The second kappa shape index (κ2) is 24.8. The van der Waals surface area contributed by atoms with Gasteiger partial charge in [-0.15, -0.1) is 22.7 Å². The summed E-state index contributed by atoms with van der Waals surface area (Å²) in [5.41, 5.74) is 11.1. The van der Waals surface area contributed by atoms with Crippen LogP contribution in [-0.2, 0) is 58.2 Å². The van der Waals surface area contributed by atoms with Crippen molar-refractivity contribution in [3.63, 3.8) is 0 Å². The topological polar surface area (TPSA) is 218 Å². The van der Waals surface area contributed by atoms with Gasteiger partial charge in [0, 0.05) is 100 Å². The van der Waals surface area contributed by atoms with Crippen LogP contribution in [0.25, 0.3) is 0 Å². The predicted molar refractivity (Wildman–Crippen MR) is 310 cm³/mol. The van der Waals surface area contributed by atoms with Crippen LogP contribution >= 0.6 is 22.7 Å². The van der Waals surface area contributed by atoms with Crippen molar-refractivity contribution in [2.24, 2.45) is 0 Å². The van der Waals surface area contributed by atoms with E-state index in [0.29, 0.717) is 58.8 Å². The molecule has 0 saturated carbocycles. The van der Waals surface area contributed by atoms with Crippen LogP contribution in [0.5, 0.6) is 17.2 Å². The number of hydrogen-bond donors (Lipinski definition) is 5. The Labute approximate surface area is 474 Å². The number of rotatable bonds is 12. The molecule has 2 aromatic heterocycles. The quantitative estimate of drug-likeness (QED) is 0.0576. The molecule has 0 amide bonds. The molecule has 12 rings (SSSR count). The number of ketones is 6. The Kier molecular flexibility index (Phi) is 17.6. The SMILES string of the molecule is CC(=O)c1cccc2c1OB(O)[C@@H](CC(=O)c1ccc3c(c1)CCNC3)C2.CC(=O)c1cccc2c1OB(O)[C@@H](CC(=O)c1csc3c1CCN(C)C3)C2.CC(=O)c1cccc2c1OB(O)[C@@H](CC(=O)c1csc3c1CCNC3)C2. The minimum atomic E-state index is -1.09. The maximum absolute atomic E-state index is 12.9. The molecule has 6 aliphatic heterocycles. The Morgan fingerprint density at radius 1 is 0.537 bits per heavy atom.